The fraction of sp³-hybridized carbons (Fsp3) is 0.600. The van der Waals surface area contributed by atoms with Gasteiger partial charge in [-0.2, -0.15) is 0 Å². The summed E-state index contributed by atoms with van der Waals surface area (Å²) in [6.07, 6.45) is 0.390. The van der Waals surface area contributed by atoms with Crippen LogP contribution in [0.1, 0.15) is 73.5 Å². The van der Waals surface area contributed by atoms with Crippen molar-refractivity contribution in [2.75, 3.05) is 19.7 Å². The first-order chi connectivity index (χ1) is 16.3. The number of hydrogen-bond acceptors (Lipinski definition) is 6. The van der Waals surface area contributed by atoms with Crippen LogP contribution in [-0.4, -0.2) is 70.1 Å². The Balaban J connectivity index is 1.57. The number of piperidine rings is 1. The minimum atomic E-state index is -0.952. The Labute approximate surface area is 204 Å². The molecule has 3 amide bonds. The Kier molecular flexibility index (Phi) is 6.19. The molecule has 1 fully saturated rings. The number of carbonyl (C=O) groups excluding carboxylic acids is 3. The molecule has 35 heavy (non-hydrogen) atoms. The monoisotopic (exact) mass is 487 g/mol. The zero-order chi connectivity index (χ0) is 25.7. The number of carboxylic acid groups (broad SMARTS) is 1. The molecule has 3 aliphatic heterocycles. The molecule has 0 aliphatic carbocycles. The largest absolute Gasteiger partial charge is 0.492 e. The van der Waals surface area contributed by atoms with Gasteiger partial charge < -0.3 is 30.1 Å². The summed E-state index contributed by atoms with van der Waals surface area (Å²) in [4.78, 5) is 52.1. The average molecular weight is 488 g/mol. The maximum absolute atomic E-state index is 13.4. The number of ether oxygens (including phenoxy) is 2. The third-order valence-corrected chi connectivity index (χ3v) is 7.18. The van der Waals surface area contributed by atoms with Gasteiger partial charge in [-0.25, -0.2) is 4.79 Å². The second kappa shape index (κ2) is 8.73. The summed E-state index contributed by atoms with van der Waals surface area (Å²) in [6.45, 7) is 8.59. The summed E-state index contributed by atoms with van der Waals surface area (Å²) in [5.41, 5.74) is 7.73. The molecule has 190 valence electrons. The summed E-state index contributed by atoms with van der Waals surface area (Å²) in [5, 5.41) is 9.31. The van der Waals surface area contributed by atoms with Crippen molar-refractivity contribution in [2.45, 2.75) is 77.0 Å². The summed E-state index contributed by atoms with van der Waals surface area (Å²) in [7, 11) is 0. The van der Waals surface area contributed by atoms with Gasteiger partial charge in [0.25, 0.3) is 5.91 Å². The summed E-state index contributed by atoms with van der Waals surface area (Å²) in [5.74, 6) is -0.787. The average Bonchev–Trinajstić information content (AvgIpc) is 3.26. The molecular formula is C25H33N3O7. The zero-order valence-electron chi connectivity index (χ0n) is 20.7. The van der Waals surface area contributed by atoms with Crippen LogP contribution in [0, 0.1) is 6.92 Å². The van der Waals surface area contributed by atoms with E-state index >= 15 is 0 Å². The van der Waals surface area contributed by atoms with E-state index in [9.17, 15) is 24.3 Å². The van der Waals surface area contributed by atoms with Crippen molar-refractivity contribution in [3.8, 4) is 5.75 Å². The van der Waals surface area contributed by atoms with E-state index < -0.39 is 29.6 Å². The van der Waals surface area contributed by atoms with Crippen LogP contribution < -0.4 is 10.5 Å². The number of nitrogens with two attached hydrogens (primary N) is 1. The number of likely N-dealkylation sites (tertiary alicyclic amines) is 1. The van der Waals surface area contributed by atoms with Gasteiger partial charge in [0, 0.05) is 36.1 Å². The molecule has 0 radical (unpaired) electrons. The van der Waals surface area contributed by atoms with Crippen LogP contribution in [-0.2, 0) is 26.3 Å². The highest BCUT2D eigenvalue weighted by Gasteiger charge is 2.48. The zero-order valence-corrected chi connectivity index (χ0v) is 20.7. The van der Waals surface area contributed by atoms with Crippen LogP contribution in [0.4, 0.5) is 4.79 Å². The Bertz CT molecular complexity index is 1080. The van der Waals surface area contributed by atoms with Gasteiger partial charge in [-0.1, -0.05) is 6.07 Å². The summed E-state index contributed by atoms with van der Waals surface area (Å²) >= 11 is 0. The van der Waals surface area contributed by atoms with Gasteiger partial charge in [0.2, 0.25) is 5.91 Å². The molecule has 1 atom stereocenters. The first kappa shape index (κ1) is 24.8. The van der Waals surface area contributed by atoms with Crippen LogP contribution in [0.2, 0.25) is 0 Å². The molecule has 3 N–H and O–H groups in total. The fourth-order valence-electron chi connectivity index (χ4n) is 5.44. The highest BCUT2D eigenvalue weighted by Crippen LogP contribution is 2.50. The van der Waals surface area contributed by atoms with Crippen molar-refractivity contribution >= 4 is 23.9 Å². The molecule has 10 nitrogen and oxygen atoms in total. The predicted molar refractivity (Wildman–Crippen MR) is 125 cm³/mol. The molecule has 0 aromatic heterocycles. The van der Waals surface area contributed by atoms with E-state index in [4.69, 9.17) is 15.2 Å². The Hall–Kier alpha value is -3.30. The highest BCUT2D eigenvalue weighted by atomic mass is 16.6. The van der Waals surface area contributed by atoms with E-state index in [1.54, 1.807) is 20.8 Å². The number of primary amides is 1. The molecule has 1 saturated heterocycles. The molecule has 1 aromatic carbocycles. The molecule has 4 rings (SSSR count). The Morgan fingerprint density at radius 3 is 2.49 bits per heavy atom. The van der Waals surface area contributed by atoms with E-state index in [-0.39, 0.29) is 30.7 Å². The number of esters is 1. The number of benzene rings is 1. The van der Waals surface area contributed by atoms with Crippen LogP contribution in [0.3, 0.4) is 0 Å². The van der Waals surface area contributed by atoms with Gasteiger partial charge in [-0.05, 0) is 52.5 Å². The van der Waals surface area contributed by atoms with Crippen molar-refractivity contribution in [3.63, 3.8) is 0 Å². The minimum absolute atomic E-state index is 0.0399. The molecule has 10 heteroatoms. The smallest absolute Gasteiger partial charge is 0.407 e. The summed E-state index contributed by atoms with van der Waals surface area (Å²) in [6, 6.07) is 1.02. The predicted octanol–water partition coefficient (Wildman–Crippen LogP) is 2.33. The number of nitrogens with zero attached hydrogens (tertiary/aromatic N) is 2. The van der Waals surface area contributed by atoms with Crippen LogP contribution in [0.25, 0.3) is 0 Å². The van der Waals surface area contributed by atoms with Crippen LogP contribution >= 0.6 is 0 Å². The standard InChI is InChI=1S/C25H33N3O7/c1-14-11-16-20(34-13-25(16)7-9-27(10-8-25)23(32)33)15-12-28(22(31)19(14)15)17(21(26)30)5-6-18(29)35-24(2,3)4/h11,17H,5-10,12-13H2,1-4H3,(H2,26,30)(H,32,33). The first-order valence-electron chi connectivity index (χ1n) is 11.9. The lowest BCUT2D eigenvalue weighted by Gasteiger charge is -2.37. The van der Waals surface area contributed by atoms with E-state index in [1.165, 1.54) is 9.80 Å². The third kappa shape index (κ3) is 4.53. The molecule has 1 unspecified atom stereocenters. The SMILES string of the molecule is Cc1cc2c(c3c1C(=O)N(C(CCC(=O)OC(C)(C)C)C(N)=O)C3)OCC21CCN(C(=O)O)CC1. The van der Waals surface area contributed by atoms with E-state index in [2.05, 4.69) is 0 Å². The number of fused-ring (bicyclic) bond motifs is 4. The van der Waals surface area contributed by atoms with Gasteiger partial charge in [0.15, 0.2) is 0 Å². The highest BCUT2D eigenvalue weighted by molar-refractivity contribution is 6.03. The van der Waals surface area contributed by atoms with Crippen LogP contribution in [0.15, 0.2) is 6.07 Å². The maximum Gasteiger partial charge on any atom is 0.407 e. The first-order valence-corrected chi connectivity index (χ1v) is 11.9. The summed E-state index contributed by atoms with van der Waals surface area (Å²) < 4.78 is 11.5. The van der Waals surface area contributed by atoms with Gasteiger partial charge in [0.05, 0.1) is 18.7 Å². The molecule has 0 bridgehead atoms. The van der Waals surface area contributed by atoms with Crippen molar-refractivity contribution in [3.05, 3.63) is 28.3 Å². The second-order valence-corrected chi connectivity index (χ2v) is 10.7. The lowest BCUT2D eigenvalue weighted by Crippen LogP contribution is -2.45. The Morgan fingerprint density at radius 1 is 1.26 bits per heavy atom. The van der Waals surface area contributed by atoms with E-state index in [0.717, 1.165) is 16.7 Å². The van der Waals surface area contributed by atoms with Crippen molar-refractivity contribution in [2.24, 2.45) is 5.73 Å². The van der Waals surface area contributed by atoms with Gasteiger partial charge in [-0.15, -0.1) is 0 Å². The molecule has 0 saturated carbocycles. The topological polar surface area (TPSA) is 139 Å². The second-order valence-electron chi connectivity index (χ2n) is 10.7. The van der Waals surface area contributed by atoms with Crippen molar-refractivity contribution in [1.82, 2.24) is 9.80 Å². The molecular weight excluding hydrogens is 454 g/mol. The Morgan fingerprint density at radius 2 is 1.91 bits per heavy atom. The van der Waals surface area contributed by atoms with Gasteiger partial charge in [0.1, 0.15) is 17.4 Å². The van der Waals surface area contributed by atoms with Gasteiger partial charge >= 0.3 is 12.1 Å². The van der Waals surface area contributed by atoms with E-state index in [0.29, 0.717) is 43.9 Å². The molecule has 1 aromatic rings. The molecule has 3 heterocycles. The normalized spacial score (nSPS) is 19.3. The fourth-order valence-corrected chi connectivity index (χ4v) is 5.44. The number of rotatable bonds is 5. The quantitative estimate of drug-likeness (QED) is 0.608. The lowest BCUT2D eigenvalue weighted by atomic mass is 9.73. The third-order valence-electron chi connectivity index (χ3n) is 7.18. The minimum Gasteiger partial charge on any atom is -0.492 e. The number of hydrogen-bond donors (Lipinski definition) is 2. The van der Waals surface area contributed by atoms with E-state index in [1.807, 2.05) is 13.0 Å². The van der Waals surface area contributed by atoms with Crippen LogP contribution in [0.5, 0.6) is 5.75 Å². The van der Waals surface area contributed by atoms with Crippen molar-refractivity contribution < 1.29 is 33.8 Å². The number of amides is 3. The molecule has 1 spiro atoms. The maximum atomic E-state index is 13.4. The lowest BCUT2D eigenvalue weighted by molar-refractivity contribution is -0.155. The number of aryl methyl sites for hydroxylation is 1. The van der Waals surface area contributed by atoms with Crippen molar-refractivity contribution in [1.29, 1.82) is 0 Å². The molecule has 3 aliphatic rings. The number of carbonyl (C=O) groups is 4. The van der Waals surface area contributed by atoms with Gasteiger partial charge in [-0.3, -0.25) is 14.4 Å².